The van der Waals surface area contributed by atoms with E-state index in [-0.39, 0.29) is 28.9 Å². The van der Waals surface area contributed by atoms with E-state index in [4.69, 9.17) is 0 Å². The molecular weight excluding hydrogens is 268 g/mol. The van der Waals surface area contributed by atoms with Gasteiger partial charge in [0.2, 0.25) is 0 Å². The molecule has 0 aliphatic heterocycles. The maximum Gasteiger partial charge on any atom is 0.332 e. The first kappa shape index (κ1) is 16.1. The van der Waals surface area contributed by atoms with Crippen molar-refractivity contribution in [1.82, 2.24) is 0 Å². The summed E-state index contributed by atoms with van der Waals surface area (Å²) in [4.78, 5) is 23.9. The van der Waals surface area contributed by atoms with Crippen LogP contribution >= 0.6 is 0 Å². The van der Waals surface area contributed by atoms with Crippen LogP contribution in [0.5, 0.6) is 0 Å². The highest BCUT2D eigenvalue weighted by Gasteiger charge is 2.62. The van der Waals surface area contributed by atoms with Gasteiger partial charge in [-0.15, -0.1) is 0 Å². The highest BCUT2D eigenvalue weighted by atomic mass is 16.4. The lowest BCUT2D eigenvalue weighted by molar-refractivity contribution is -0.144. The minimum atomic E-state index is -1.04. The molecule has 0 saturated heterocycles. The van der Waals surface area contributed by atoms with Crippen LogP contribution in [0.15, 0.2) is 11.1 Å². The van der Waals surface area contributed by atoms with Crippen LogP contribution in [0.1, 0.15) is 53.9 Å². The first-order valence-corrected chi connectivity index (χ1v) is 7.83. The maximum absolute atomic E-state index is 12.0. The molecule has 3 atom stereocenters. The third-order valence-corrected chi connectivity index (χ3v) is 6.31. The summed E-state index contributed by atoms with van der Waals surface area (Å²) in [5, 5.41) is 19.5. The minimum Gasteiger partial charge on any atom is -0.478 e. The van der Waals surface area contributed by atoms with Gasteiger partial charge >= 0.3 is 11.9 Å². The summed E-state index contributed by atoms with van der Waals surface area (Å²) in [7, 11) is 0. The van der Waals surface area contributed by atoms with Gasteiger partial charge in [-0.05, 0) is 37.0 Å². The monoisotopic (exact) mass is 294 g/mol. The summed E-state index contributed by atoms with van der Waals surface area (Å²) in [6.45, 7) is 10.2. The summed E-state index contributed by atoms with van der Waals surface area (Å²) in [6, 6.07) is 0. The minimum absolute atomic E-state index is 0.124. The van der Waals surface area contributed by atoms with Gasteiger partial charge in [-0.25, -0.2) is 9.59 Å². The fourth-order valence-corrected chi connectivity index (χ4v) is 5.17. The lowest BCUT2D eigenvalue weighted by Gasteiger charge is -2.60. The van der Waals surface area contributed by atoms with E-state index in [1.165, 1.54) is 0 Å². The second-order valence-electron chi connectivity index (χ2n) is 7.47. The van der Waals surface area contributed by atoms with Crippen molar-refractivity contribution < 1.29 is 19.8 Å². The molecule has 0 amide bonds. The van der Waals surface area contributed by atoms with Crippen molar-refractivity contribution in [3.63, 3.8) is 0 Å². The van der Waals surface area contributed by atoms with E-state index in [2.05, 4.69) is 6.92 Å². The Bertz CT molecular complexity index is 517. The van der Waals surface area contributed by atoms with Crippen LogP contribution in [0.25, 0.3) is 0 Å². The first-order valence-electron chi connectivity index (χ1n) is 7.83. The van der Waals surface area contributed by atoms with Crippen LogP contribution in [0.4, 0.5) is 0 Å². The van der Waals surface area contributed by atoms with Crippen molar-refractivity contribution >= 4 is 11.9 Å². The second-order valence-corrected chi connectivity index (χ2v) is 7.47. The number of hydrogen-bond acceptors (Lipinski definition) is 2. The molecule has 2 bridgehead atoms. The van der Waals surface area contributed by atoms with Crippen LogP contribution in [0.3, 0.4) is 0 Å². The second kappa shape index (κ2) is 4.85. The van der Waals surface area contributed by atoms with Crippen LogP contribution < -0.4 is 0 Å². The van der Waals surface area contributed by atoms with Gasteiger partial charge in [0.25, 0.3) is 0 Å². The topological polar surface area (TPSA) is 74.6 Å². The van der Waals surface area contributed by atoms with Crippen LogP contribution in [0.2, 0.25) is 0 Å². The van der Waals surface area contributed by atoms with Crippen molar-refractivity contribution in [3.05, 3.63) is 11.1 Å². The van der Waals surface area contributed by atoms with Gasteiger partial charge in [0.05, 0.1) is 11.1 Å². The fraction of sp³-hybridized carbons (Fsp3) is 0.765. The Morgan fingerprint density at radius 2 is 1.52 bits per heavy atom. The molecule has 2 N–H and O–H groups in total. The lowest BCUT2D eigenvalue weighted by atomic mass is 9.42. The molecular formula is C17H26O4. The smallest absolute Gasteiger partial charge is 0.332 e. The predicted molar refractivity (Wildman–Crippen MR) is 79.9 cm³/mol. The van der Waals surface area contributed by atoms with Gasteiger partial charge in [0.1, 0.15) is 0 Å². The van der Waals surface area contributed by atoms with E-state index in [9.17, 15) is 19.8 Å². The molecule has 4 nitrogen and oxygen atoms in total. The zero-order valence-electron chi connectivity index (χ0n) is 13.6. The van der Waals surface area contributed by atoms with E-state index < -0.39 is 22.8 Å². The van der Waals surface area contributed by atoms with Gasteiger partial charge in [-0.1, -0.05) is 34.6 Å². The Kier molecular flexibility index (Phi) is 3.71. The van der Waals surface area contributed by atoms with Crippen molar-refractivity contribution in [3.8, 4) is 0 Å². The molecule has 0 aromatic carbocycles. The predicted octanol–water partition coefficient (Wildman–Crippen LogP) is 3.57. The van der Waals surface area contributed by atoms with E-state index >= 15 is 0 Å². The highest BCUT2D eigenvalue weighted by molar-refractivity contribution is 6.02. The number of hydrogen-bond donors (Lipinski definition) is 2. The van der Waals surface area contributed by atoms with Gasteiger partial charge in [0.15, 0.2) is 0 Å². The number of carbonyl (C=O) groups is 2. The molecule has 0 heterocycles. The molecule has 3 rings (SSSR count). The molecule has 0 radical (unpaired) electrons. The maximum atomic E-state index is 12.0. The summed E-state index contributed by atoms with van der Waals surface area (Å²) < 4.78 is 0. The number of aliphatic carboxylic acids is 2. The van der Waals surface area contributed by atoms with E-state index in [1.807, 2.05) is 27.7 Å². The summed E-state index contributed by atoms with van der Waals surface area (Å²) >= 11 is 0. The Hall–Kier alpha value is -1.32. The zero-order chi connectivity index (χ0) is 16.2. The number of rotatable bonds is 4. The van der Waals surface area contributed by atoms with Crippen molar-refractivity contribution in [2.45, 2.75) is 53.9 Å². The third-order valence-electron chi connectivity index (χ3n) is 6.31. The third kappa shape index (κ3) is 1.87. The number of carboxylic acids is 2. The van der Waals surface area contributed by atoms with Gasteiger partial charge in [-0.3, -0.25) is 0 Å². The Morgan fingerprint density at radius 3 is 1.86 bits per heavy atom. The fourth-order valence-electron chi connectivity index (χ4n) is 5.17. The summed E-state index contributed by atoms with van der Waals surface area (Å²) in [5.41, 5.74) is -0.627. The Labute approximate surface area is 126 Å². The number of carboxylic acid groups (broad SMARTS) is 2. The molecule has 1 fully saturated rings. The number of fused-ring (bicyclic) bond motifs is 2. The SMILES string of the molecule is CC(C)C12CCC(C(C)C)(C(C(=O)O)=C1C(=O)O)C(C)C2. The van der Waals surface area contributed by atoms with Crippen molar-refractivity contribution in [1.29, 1.82) is 0 Å². The normalized spacial score (nSPS) is 35.7. The molecule has 3 unspecified atom stereocenters. The van der Waals surface area contributed by atoms with E-state index in [0.717, 1.165) is 19.3 Å². The highest BCUT2D eigenvalue weighted by Crippen LogP contribution is 2.66. The molecule has 118 valence electrons. The van der Waals surface area contributed by atoms with E-state index in [1.54, 1.807) is 0 Å². The summed E-state index contributed by atoms with van der Waals surface area (Å²) in [6.07, 6.45) is 2.34. The molecule has 21 heavy (non-hydrogen) atoms. The molecule has 0 spiro atoms. The molecule has 4 heteroatoms. The van der Waals surface area contributed by atoms with Crippen LogP contribution in [-0.2, 0) is 9.59 Å². The zero-order valence-corrected chi connectivity index (χ0v) is 13.6. The largest absolute Gasteiger partial charge is 0.478 e. The first-order chi connectivity index (χ1) is 9.61. The Balaban J connectivity index is 2.85. The van der Waals surface area contributed by atoms with E-state index in [0.29, 0.717) is 0 Å². The standard InChI is InChI=1S/C17H26O4/c1-9(2)16-6-7-17(10(3)4,11(5)8-16)13(15(20)21)12(16)14(18)19/h9-11H,6-8H2,1-5H3,(H,18,19)(H,20,21). The van der Waals surface area contributed by atoms with Crippen molar-refractivity contribution in [2.75, 3.05) is 0 Å². The van der Waals surface area contributed by atoms with Gasteiger partial charge in [-0.2, -0.15) is 0 Å². The van der Waals surface area contributed by atoms with Gasteiger partial charge < -0.3 is 10.2 Å². The van der Waals surface area contributed by atoms with Crippen LogP contribution in [0, 0.1) is 28.6 Å². The van der Waals surface area contributed by atoms with Crippen LogP contribution in [-0.4, -0.2) is 22.2 Å². The quantitative estimate of drug-likeness (QED) is 0.831. The average Bonchev–Trinajstić information content (AvgIpc) is 2.37. The summed E-state index contributed by atoms with van der Waals surface area (Å²) in [5.74, 6) is -1.64. The molecule has 1 saturated carbocycles. The molecule has 3 aliphatic carbocycles. The molecule has 0 aromatic heterocycles. The van der Waals surface area contributed by atoms with Gasteiger partial charge in [0, 0.05) is 10.8 Å². The molecule has 0 aromatic rings. The Morgan fingerprint density at radius 1 is 1.00 bits per heavy atom. The molecule has 3 aliphatic rings. The average molecular weight is 294 g/mol. The van der Waals surface area contributed by atoms with Crippen molar-refractivity contribution in [2.24, 2.45) is 28.6 Å². The lowest BCUT2D eigenvalue weighted by Crippen LogP contribution is -2.56.